The molecule has 0 spiro atoms. The third kappa shape index (κ3) is 5.00. The molecule has 0 aliphatic rings. The van der Waals surface area contributed by atoms with Crippen molar-refractivity contribution in [3.8, 4) is 22.9 Å². The average Bonchev–Trinajstić information content (AvgIpc) is 3.33. The number of aryl methyl sites for hydroxylation is 1. The van der Waals surface area contributed by atoms with Crippen molar-refractivity contribution >= 4 is 11.8 Å². The van der Waals surface area contributed by atoms with E-state index in [9.17, 15) is 0 Å². The third-order valence-electron chi connectivity index (χ3n) is 3.91. The van der Waals surface area contributed by atoms with Gasteiger partial charge in [-0.2, -0.15) is 4.98 Å². The lowest BCUT2D eigenvalue weighted by atomic mass is 10.1. The maximum atomic E-state index is 5.42. The number of hydrogen-bond acceptors (Lipinski definition) is 8. The minimum absolute atomic E-state index is 0.520. The lowest BCUT2D eigenvalue weighted by Crippen LogP contribution is -1.94. The Balaban J connectivity index is 1.63. The van der Waals surface area contributed by atoms with Gasteiger partial charge in [-0.15, -0.1) is 5.10 Å². The molecule has 2 aromatic heterocycles. The number of rotatable bonds is 9. The molecule has 0 saturated carbocycles. The Morgan fingerprint density at radius 1 is 1.19 bits per heavy atom. The van der Waals surface area contributed by atoms with E-state index in [2.05, 4.69) is 39.2 Å². The highest BCUT2D eigenvalue weighted by molar-refractivity contribution is 7.98. The van der Waals surface area contributed by atoms with Crippen LogP contribution in [0.5, 0.6) is 11.5 Å². The Labute approximate surface area is 162 Å². The first-order chi connectivity index (χ1) is 13.1. The van der Waals surface area contributed by atoms with Gasteiger partial charge in [0.25, 0.3) is 0 Å². The fourth-order valence-corrected chi connectivity index (χ4v) is 3.06. The van der Waals surface area contributed by atoms with Gasteiger partial charge in [-0.1, -0.05) is 30.8 Å². The van der Waals surface area contributed by atoms with E-state index >= 15 is 0 Å². The zero-order valence-electron chi connectivity index (χ0n) is 15.9. The molecule has 3 rings (SSSR count). The van der Waals surface area contributed by atoms with Gasteiger partial charge in [0.15, 0.2) is 11.6 Å². The number of hydrogen-bond donors (Lipinski definition) is 1. The molecule has 3 aromatic rings. The van der Waals surface area contributed by atoms with Crippen LogP contribution in [-0.2, 0) is 12.2 Å². The summed E-state index contributed by atoms with van der Waals surface area (Å²) in [5.41, 5.74) is 0.811. The third-order valence-corrected chi connectivity index (χ3v) is 4.74. The zero-order valence-corrected chi connectivity index (χ0v) is 16.7. The molecule has 0 aliphatic heterocycles. The second kappa shape index (κ2) is 8.90. The van der Waals surface area contributed by atoms with Gasteiger partial charge in [-0.3, -0.25) is 5.10 Å². The van der Waals surface area contributed by atoms with E-state index in [0.717, 1.165) is 30.0 Å². The molecule has 8 nitrogen and oxygen atoms in total. The van der Waals surface area contributed by atoms with Gasteiger partial charge in [-0.25, -0.2) is 4.98 Å². The van der Waals surface area contributed by atoms with Crippen molar-refractivity contribution in [2.24, 2.45) is 5.92 Å². The number of nitrogens with zero attached hydrogens (tertiary/aromatic N) is 4. The van der Waals surface area contributed by atoms with E-state index in [-0.39, 0.29) is 0 Å². The highest BCUT2D eigenvalue weighted by atomic mass is 32.2. The smallest absolute Gasteiger partial charge is 0.237 e. The molecule has 0 radical (unpaired) electrons. The number of thioether (sulfide) groups is 1. The summed E-state index contributed by atoms with van der Waals surface area (Å²) < 4.78 is 15.9. The number of ether oxygens (including phenoxy) is 2. The summed E-state index contributed by atoms with van der Waals surface area (Å²) in [7, 11) is 3.22. The summed E-state index contributed by atoms with van der Waals surface area (Å²) >= 11 is 1.43. The van der Waals surface area contributed by atoms with Crippen LogP contribution in [-0.4, -0.2) is 39.5 Å². The number of methoxy groups -OCH3 is 2. The molecular formula is C18H23N5O3S. The molecule has 144 valence electrons. The summed E-state index contributed by atoms with van der Waals surface area (Å²) in [4.78, 5) is 8.92. The zero-order chi connectivity index (χ0) is 19.2. The lowest BCUT2D eigenvalue weighted by Gasteiger charge is -2.07. The molecule has 27 heavy (non-hydrogen) atoms. The van der Waals surface area contributed by atoms with E-state index in [1.807, 2.05) is 18.2 Å². The maximum Gasteiger partial charge on any atom is 0.237 e. The first kappa shape index (κ1) is 19.2. The first-order valence-corrected chi connectivity index (χ1v) is 9.66. The molecule has 0 saturated heterocycles. The predicted octanol–water partition coefficient (Wildman–Crippen LogP) is 3.75. The van der Waals surface area contributed by atoms with Crippen molar-refractivity contribution in [2.75, 3.05) is 14.2 Å². The van der Waals surface area contributed by atoms with E-state index < -0.39 is 0 Å². The second-order valence-electron chi connectivity index (χ2n) is 6.36. The van der Waals surface area contributed by atoms with Crippen LogP contribution >= 0.6 is 11.8 Å². The number of aromatic nitrogens is 5. The Kier molecular flexibility index (Phi) is 6.33. The van der Waals surface area contributed by atoms with Crippen molar-refractivity contribution in [3.63, 3.8) is 0 Å². The molecule has 1 N–H and O–H groups in total. The van der Waals surface area contributed by atoms with Gasteiger partial charge in [0.1, 0.15) is 11.5 Å². The molecule has 2 heterocycles. The topological polar surface area (TPSA) is 99.0 Å². The van der Waals surface area contributed by atoms with Gasteiger partial charge in [0.05, 0.1) is 25.5 Å². The first-order valence-electron chi connectivity index (χ1n) is 8.68. The predicted molar refractivity (Wildman–Crippen MR) is 102 cm³/mol. The van der Waals surface area contributed by atoms with Crippen molar-refractivity contribution in [1.29, 1.82) is 0 Å². The highest BCUT2D eigenvalue weighted by Gasteiger charge is 2.14. The lowest BCUT2D eigenvalue weighted by molar-refractivity contribution is 0.383. The van der Waals surface area contributed by atoms with Gasteiger partial charge in [0.2, 0.25) is 11.0 Å². The van der Waals surface area contributed by atoms with Crippen LogP contribution in [0.15, 0.2) is 27.9 Å². The van der Waals surface area contributed by atoms with Crippen molar-refractivity contribution in [3.05, 3.63) is 29.9 Å². The molecule has 0 bridgehead atoms. The van der Waals surface area contributed by atoms with E-state index in [1.54, 1.807) is 14.2 Å². The normalized spacial score (nSPS) is 11.1. The average molecular weight is 389 g/mol. The Bertz CT molecular complexity index is 878. The summed E-state index contributed by atoms with van der Waals surface area (Å²) in [6.45, 7) is 4.35. The summed E-state index contributed by atoms with van der Waals surface area (Å²) in [5, 5.41) is 11.8. The molecule has 9 heteroatoms. The SMILES string of the molecule is COc1ccc(-c2nc(SCc3nc(CCC(C)C)no3)n[nH]2)c(OC)c1. The highest BCUT2D eigenvalue weighted by Crippen LogP contribution is 2.32. The monoisotopic (exact) mass is 389 g/mol. The molecule has 0 aliphatic carbocycles. The van der Waals surface area contributed by atoms with Crippen molar-refractivity contribution in [2.45, 2.75) is 37.6 Å². The number of benzene rings is 1. The van der Waals surface area contributed by atoms with Gasteiger partial charge in [0, 0.05) is 12.5 Å². The van der Waals surface area contributed by atoms with E-state index in [0.29, 0.717) is 34.3 Å². The van der Waals surface area contributed by atoms with Crippen molar-refractivity contribution in [1.82, 2.24) is 25.3 Å². The van der Waals surface area contributed by atoms with Gasteiger partial charge < -0.3 is 14.0 Å². The molecule has 0 amide bonds. The van der Waals surface area contributed by atoms with Gasteiger partial charge in [-0.05, 0) is 24.5 Å². The Morgan fingerprint density at radius 2 is 2.04 bits per heavy atom. The van der Waals surface area contributed by atoms with Crippen LogP contribution in [0.4, 0.5) is 0 Å². The number of nitrogens with one attached hydrogen (secondary N) is 1. The van der Waals surface area contributed by atoms with Crippen LogP contribution in [0, 0.1) is 5.92 Å². The molecule has 0 unspecified atom stereocenters. The number of H-pyrrole nitrogens is 1. The van der Waals surface area contributed by atoms with Crippen molar-refractivity contribution < 1.29 is 14.0 Å². The molecule has 1 aromatic carbocycles. The van der Waals surface area contributed by atoms with Gasteiger partial charge >= 0.3 is 0 Å². The summed E-state index contributed by atoms with van der Waals surface area (Å²) in [6, 6.07) is 5.54. The van der Waals surface area contributed by atoms with Crippen LogP contribution in [0.2, 0.25) is 0 Å². The van der Waals surface area contributed by atoms with E-state index in [4.69, 9.17) is 14.0 Å². The van der Waals surface area contributed by atoms with Crippen LogP contribution in [0.3, 0.4) is 0 Å². The summed E-state index contributed by atoms with van der Waals surface area (Å²) in [5.74, 6) is 4.46. The minimum atomic E-state index is 0.520. The second-order valence-corrected chi connectivity index (χ2v) is 7.30. The Morgan fingerprint density at radius 3 is 2.78 bits per heavy atom. The van der Waals surface area contributed by atoms with E-state index in [1.165, 1.54) is 11.8 Å². The fraction of sp³-hybridized carbons (Fsp3) is 0.444. The standard InChI is InChI=1S/C18H23N5O3S/c1-11(2)5-8-15-19-16(26-23-15)10-27-18-20-17(21-22-18)13-7-6-12(24-3)9-14(13)25-4/h6-7,9,11H,5,8,10H2,1-4H3,(H,20,21,22). The summed E-state index contributed by atoms with van der Waals surface area (Å²) in [6.07, 6.45) is 1.87. The van der Waals surface area contributed by atoms with Crippen LogP contribution < -0.4 is 9.47 Å². The minimum Gasteiger partial charge on any atom is -0.497 e. The number of aromatic amines is 1. The molecule has 0 atom stereocenters. The fourth-order valence-electron chi connectivity index (χ4n) is 2.42. The quantitative estimate of drug-likeness (QED) is 0.552. The molecule has 0 fully saturated rings. The maximum absolute atomic E-state index is 5.42. The largest absolute Gasteiger partial charge is 0.497 e. The molecular weight excluding hydrogens is 366 g/mol. The van der Waals surface area contributed by atoms with Crippen LogP contribution in [0.1, 0.15) is 32.0 Å². The van der Waals surface area contributed by atoms with Crippen LogP contribution in [0.25, 0.3) is 11.4 Å². The Hall–Kier alpha value is -2.55.